The molecule has 2 aromatic carbocycles. The number of sulfonamides is 1. The first kappa shape index (κ1) is 20.9. The molecule has 0 amide bonds. The summed E-state index contributed by atoms with van der Waals surface area (Å²) >= 11 is 0. The van der Waals surface area contributed by atoms with Crippen molar-refractivity contribution in [3.8, 4) is 5.75 Å². The van der Waals surface area contributed by atoms with Gasteiger partial charge in [-0.1, -0.05) is 32.0 Å². The number of hydrogen-bond acceptors (Lipinski definition) is 5. The first-order chi connectivity index (χ1) is 12.9. The van der Waals surface area contributed by atoms with E-state index >= 15 is 0 Å². The van der Waals surface area contributed by atoms with Crippen LogP contribution in [0.5, 0.6) is 5.75 Å². The number of hydrogen-bond donors (Lipinski definition) is 0. The predicted molar refractivity (Wildman–Crippen MR) is 104 cm³/mol. The second-order valence-electron chi connectivity index (χ2n) is 5.92. The molecule has 0 aromatic heterocycles. The van der Waals surface area contributed by atoms with E-state index in [1.165, 1.54) is 28.6 Å². The Labute approximate surface area is 160 Å². The third kappa shape index (κ3) is 5.55. The van der Waals surface area contributed by atoms with Gasteiger partial charge in [0.25, 0.3) is 0 Å². The lowest BCUT2D eigenvalue weighted by atomic mass is 10.2. The zero-order valence-corrected chi connectivity index (χ0v) is 16.7. The second-order valence-corrected chi connectivity index (χ2v) is 7.86. The van der Waals surface area contributed by atoms with Gasteiger partial charge in [-0.15, -0.1) is 0 Å². The zero-order chi connectivity index (χ0) is 19.9. The molecular weight excluding hydrogens is 366 g/mol. The molecule has 146 valence electrons. The van der Waals surface area contributed by atoms with Gasteiger partial charge in [-0.2, -0.15) is 4.31 Å². The highest BCUT2D eigenvalue weighted by atomic mass is 32.2. The van der Waals surface area contributed by atoms with Crippen molar-refractivity contribution in [3.05, 3.63) is 59.7 Å². The van der Waals surface area contributed by atoms with Crippen LogP contribution in [0.1, 0.15) is 29.8 Å². The van der Waals surface area contributed by atoms with Gasteiger partial charge in [0.15, 0.2) is 0 Å². The number of carbonyl (C=O) groups excluding carboxylic acids is 1. The Hall–Kier alpha value is -2.38. The average Bonchev–Trinajstić information content (AvgIpc) is 2.66. The van der Waals surface area contributed by atoms with Gasteiger partial charge in [0, 0.05) is 13.1 Å². The predicted octanol–water partition coefficient (Wildman–Crippen LogP) is 3.26. The molecule has 0 radical (unpaired) electrons. The van der Waals surface area contributed by atoms with E-state index in [2.05, 4.69) is 0 Å². The third-order valence-corrected chi connectivity index (χ3v) is 6.03. The van der Waals surface area contributed by atoms with E-state index < -0.39 is 16.0 Å². The maximum atomic E-state index is 12.6. The van der Waals surface area contributed by atoms with Crippen molar-refractivity contribution in [3.63, 3.8) is 0 Å². The molecule has 0 atom stereocenters. The van der Waals surface area contributed by atoms with Crippen LogP contribution >= 0.6 is 0 Å². The summed E-state index contributed by atoms with van der Waals surface area (Å²) in [6.45, 7) is 6.52. The van der Waals surface area contributed by atoms with E-state index in [4.69, 9.17) is 9.47 Å². The number of aryl methyl sites for hydroxylation is 1. The Bertz CT molecular complexity index is 875. The van der Waals surface area contributed by atoms with E-state index in [9.17, 15) is 13.2 Å². The molecule has 2 rings (SSSR count). The van der Waals surface area contributed by atoms with Crippen LogP contribution in [0.25, 0.3) is 0 Å². The molecule has 0 aliphatic carbocycles. The first-order valence-electron chi connectivity index (χ1n) is 8.85. The zero-order valence-electron chi connectivity index (χ0n) is 15.8. The fourth-order valence-electron chi connectivity index (χ4n) is 2.58. The first-order valence-corrected chi connectivity index (χ1v) is 10.3. The molecule has 2 aromatic rings. The van der Waals surface area contributed by atoms with Gasteiger partial charge in [-0.25, -0.2) is 13.2 Å². The molecule has 0 aliphatic heterocycles. The number of rotatable bonds is 9. The largest absolute Gasteiger partial charge is 0.490 e. The highest BCUT2D eigenvalue weighted by Gasteiger charge is 2.22. The van der Waals surface area contributed by atoms with Crippen LogP contribution in [0.2, 0.25) is 0 Å². The highest BCUT2D eigenvalue weighted by molar-refractivity contribution is 7.89. The van der Waals surface area contributed by atoms with Crippen LogP contribution < -0.4 is 4.74 Å². The Morgan fingerprint density at radius 1 is 1.00 bits per heavy atom. The minimum Gasteiger partial charge on any atom is -0.490 e. The second kappa shape index (κ2) is 9.53. The number of ether oxygens (including phenoxy) is 2. The van der Waals surface area contributed by atoms with Gasteiger partial charge in [-0.05, 0) is 42.8 Å². The average molecular weight is 391 g/mol. The van der Waals surface area contributed by atoms with Crippen LogP contribution in [0, 0.1) is 6.92 Å². The van der Waals surface area contributed by atoms with Crippen molar-refractivity contribution < 1.29 is 22.7 Å². The van der Waals surface area contributed by atoms with Crippen LogP contribution in [-0.2, 0) is 14.8 Å². The fourth-order valence-corrected chi connectivity index (χ4v) is 4.08. The minimum atomic E-state index is -3.62. The van der Waals surface area contributed by atoms with Crippen molar-refractivity contribution in [1.82, 2.24) is 4.31 Å². The molecule has 0 spiro atoms. The van der Waals surface area contributed by atoms with Crippen molar-refractivity contribution in [2.24, 2.45) is 0 Å². The molecule has 0 saturated heterocycles. The summed E-state index contributed by atoms with van der Waals surface area (Å²) in [6, 6.07) is 13.5. The molecule has 0 saturated carbocycles. The minimum absolute atomic E-state index is 0.0692. The van der Waals surface area contributed by atoms with Crippen molar-refractivity contribution in [1.29, 1.82) is 0 Å². The molecule has 0 aliphatic rings. The molecular formula is C20H25NO5S. The molecule has 27 heavy (non-hydrogen) atoms. The van der Waals surface area contributed by atoms with Gasteiger partial charge in [0.05, 0.1) is 10.5 Å². The van der Waals surface area contributed by atoms with Gasteiger partial charge < -0.3 is 9.47 Å². The molecule has 0 heterocycles. The lowest BCUT2D eigenvalue weighted by Crippen LogP contribution is -2.30. The van der Waals surface area contributed by atoms with Crippen molar-refractivity contribution in [2.75, 3.05) is 26.3 Å². The molecule has 0 fully saturated rings. The molecule has 7 heteroatoms. The van der Waals surface area contributed by atoms with Gasteiger partial charge in [0.1, 0.15) is 19.0 Å². The van der Waals surface area contributed by atoms with E-state index in [0.29, 0.717) is 18.8 Å². The smallest absolute Gasteiger partial charge is 0.338 e. The van der Waals surface area contributed by atoms with Gasteiger partial charge in [0.2, 0.25) is 10.0 Å². The monoisotopic (exact) mass is 391 g/mol. The summed E-state index contributed by atoms with van der Waals surface area (Å²) < 4.78 is 37.2. The molecule has 6 nitrogen and oxygen atoms in total. The van der Waals surface area contributed by atoms with E-state index in [1.807, 2.05) is 31.2 Å². The molecule has 0 N–H and O–H groups in total. The Kier molecular flexibility index (Phi) is 7.38. The van der Waals surface area contributed by atoms with Crippen LogP contribution in [0.4, 0.5) is 0 Å². The van der Waals surface area contributed by atoms with Crippen molar-refractivity contribution >= 4 is 16.0 Å². The Morgan fingerprint density at radius 2 is 1.70 bits per heavy atom. The Balaban J connectivity index is 1.97. The van der Waals surface area contributed by atoms with Gasteiger partial charge >= 0.3 is 5.97 Å². The fraction of sp³-hybridized carbons (Fsp3) is 0.350. The van der Waals surface area contributed by atoms with Crippen LogP contribution in [0.3, 0.4) is 0 Å². The Morgan fingerprint density at radius 3 is 2.37 bits per heavy atom. The number of esters is 1. The summed E-state index contributed by atoms with van der Waals surface area (Å²) in [5.74, 6) is 0.123. The molecule has 0 bridgehead atoms. The van der Waals surface area contributed by atoms with Crippen LogP contribution in [0.15, 0.2) is 53.4 Å². The maximum Gasteiger partial charge on any atom is 0.338 e. The number of nitrogens with zero attached hydrogens (tertiary/aromatic N) is 1. The van der Waals surface area contributed by atoms with Gasteiger partial charge in [-0.3, -0.25) is 0 Å². The summed E-state index contributed by atoms with van der Waals surface area (Å²) in [5, 5.41) is 0. The van der Waals surface area contributed by atoms with E-state index in [-0.39, 0.29) is 23.7 Å². The third-order valence-electron chi connectivity index (χ3n) is 3.99. The lowest BCUT2D eigenvalue weighted by molar-refractivity contribution is 0.0450. The van der Waals surface area contributed by atoms with Crippen LogP contribution in [-0.4, -0.2) is 45.0 Å². The van der Waals surface area contributed by atoms with Crippen molar-refractivity contribution in [2.45, 2.75) is 25.7 Å². The maximum absolute atomic E-state index is 12.6. The summed E-state index contributed by atoms with van der Waals surface area (Å²) in [5.41, 5.74) is 1.27. The number of carbonyl (C=O) groups is 1. The number of benzene rings is 2. The summed E-state index contributed by atoms with van der Waals surface area (Å²) in [6.07, 6.45) is 0. The quantitative estimate of drug-likeness (QED) is 0.485. The van der Waals surface area contributed by atoms with E-state index in [0.717, 1.165) is 5.56 Å². The topological polar surface area (TPSA) is 72.9 Å². The summed E-state index contributed by atoms with van der Waals surface area (Å²) in [7, 11) is -3.62. The lowest BCUT2D eigenvalue weighted by Gasteiger charge is -2.18. The SMILES string of the molecule is CCN(CC)S(=O)(=O)c1cccc(C(=O)OCCOc2cccc(C)c2)c1. The van der Waals surface area contributed by atoms with E-state index in [1.54, 1.807) is 13.8 Å². The standard InChI is InChI=1S/C20H25NO5S/c1-4-21(5-2)27(23,24)19-11-7-9-17(15-19)20(22)26-13-12-25-18-10-6-8-16(3)14-18/h6-11,14-15H,4-5,12-13H2,1-3H3. The molecule has 0 unspecified atom stereocenters. The summed E-state index contributed by atoms with van der Waals surface area (Å²) in [4.78, 5) is 12.3. The highest BCUT2D eigenvalue weighted by Crippen LogP contribution is 2.17. The normalized spacial score (nSPS) is 11.4.